The predicted molar refractivity (Wildman–Crippen MR) is 58.4 cm³/mol. The van der Waals surface area contributed by atoms with E-state index in [1.807, 2.05) is 18.5 Å². The van der Waals surface area contributed by atoms with Gasteiger partial charge >= 0.3 is 0 Å². The third kappa shape index (κ3) is 1.43. The van der Waals surface area contributed by atoms with Crippen LogP contribution in [0.15, 0.2) is 36.7 Å². The van der Waals surface area contributed by atoms with Crippen LogP contribution in [0.25, 0.3) is 10.8 Å². The van der Waals surface area contributed by atoms with E-state index >= 15 is 0 Å². The minimum absolute atomic E-state index is 0.717. The van der Waals surface area contributed by atoms with Crippen molar-refractivity contribution in [3.8, 4) is 0 Å². The second kappa shape index (κ2) is 2.98. The van der Waals surface area contributed by atoms with Crippen molar-refractivity contribution in [1.29, 1.82) is 0 Å². The molecule has 1 aromatic carbocycles. The lowest BCUT2D eigenvalue weighted by atomic mass is 10.1. The first kappa shape index (κ1) is 7.80. The van der Waals surface area contributed by atoms with Gasteiger partial charge in [-0.3, -0.25) is 4.98 Å². The molecular formula is C12H12N2. The zero-order valence-corrected chi connectivity index (χ0v) is 7.90. The molecule has 0 spiro atoms. The van der Waals surface area contributed by atoms with E-state index in [0.717, 1.165) is 0 Å². The van der Waals surface area contributed by atoms with Gasteiger partial charge in [-0.15, -0.1) is 0 Å². The van der Waals surface area contributed by atoms with Crippen LogP contribution >= 0.6 is 0 Å². The molecule has 0 bridgehead atoms. The van der Waals surface area contributed by atoms with Gasteiger partial charge in [0, 0.05) is 29.5 Å². The van der Waals surface area contributed by atoms with Crippen LogP contribution in [-0.2, 0) is 0 Å². The van der Waals surface area contributed by atoms with E-state index in [9.17, 15) is 0 Å². The highest BCUT2D eigenvalue weighted by Crippen LogP contribution is 2.26. The zero-order chi connectivity index (χ0) is 9.38. The summed E-state index contributed by atoms with van der Waals surface area (Å²) >= 11 is 0. The Kier molecular flexibility index (Phi) is 1.66. The van der Waals surface area contributed by atoms with Gasteiger partial charge < -0.3 is 5.32 Å². The lowest BCUT2D eigenvalue weighted by molar-refractivity contribution is 1.16. The van der Waals surface area contributed by atoms with Gasteiger partial charge in [-0.25, -0.2) is 0 Å². The van der Waals surface area contributed by atoms with Crippen LogP contribution in [0, 0.1) is 0 Å². The number of rotatable bonds is 2. The molecule has 1 saturated carbocycles. The Balaban J connectivity index is 2.01. The zero-order valence-electron chi connectivity index (χ0n) is 7.90. The quantitative estimate of drug-likeness (QED) is 0.776. The van der Waals surface area contributed by atoms with E-state index in [4.69, 9.17) is 0 Å². The Hall–Kier alpha value is -1.57. The summed E-state index contributed by atoms with van der Waals surface area (Å²) < 4.78 is 0. The highest BCUT2D eigenvalue weighted by Gasteiger charge is 2.20. The fourth-order valence-corrected chi connectivity index (χ4v) is 1.64. The molecule has 2 heteroatoms. The van der Waals surface area contributed by atoms with Gasteiger partial charge in [-0.1, -0.05) is 6.07 Å². The maximum atomic E-state index is 4.10. The number of nitrogens with zero attached hydrogens (tertiary/aromatic N) is 1. The van der Waals surface area contributed by atoms with Crippen LogP contribution in [0.4, 0.5) is 5.69 Å². The third-order valence-corrected chi connectivity index (χ3v) is 2.59. The molecule has 70 valence electrons. The van der Waals surface area contributed by atoms with Gasteiger partial charge in [0.2, 0.25) is 0 Å². The van der Waals surface area contributed by atoms with Crippen molar-refractivity contribution in [3.05, 3.63) is 36.7 Å². The Morgan fingerprint density at radius 2 is 2.07 bits per heavy atom. The summed E-state index contributed by atoms with van der Waals surface area (Å²) in [5.74, 6) is 0. The molecule has 1 heterocycles. The molecule has 0 atom stereocenters. The molecule has 2 aromatic rings. The van der Waals surface area contributed by atoms with Gasteiger partial charge in [0.15, 0.2) is 0 Å². The monoisotopic (exact) mass is 184 g/mol. The average molecular weight is 184 g/mol. The minimum atomic E-state index is 0.717. The van der Waals surface area contributed by atoms with Crippen molar-refractivity contribution in [2.75, 3.05) is 5.32 Å². The summed E-state index contributed by atoms with van der Waals surface area (Å²) in [6.45, 7) is 0. The smallest absolute Gasteiger partial charge is 0.0348 e. The second-order valence-electron chi connectivity index (χ2n) is 3.86. The number of hydrogen-bond donors (Lipinski definition) is 1. The molecule has 1 N–H and O–H groups in total. The van der Waals surface area contributed by atoms with Crippen LogP contribution in [0.2, 0.25) is 0 Å². The van der Waals surface area contributed by atoms with Crippen LogP contribution in [0.1, 0.15) is 12.8 Å². The topological polar surface area (TPSA) is 24.9 Å². The van der Waals surface area contributed by atoms with Crippen molar-refractivity contribution in [3.63, 3.8) is 0 Å². The SMILES string of the molecule is c1cc2cc(NC3CC3)ccc2cn1. The Morgan fingerprint density at radius 3 is 2.93 bits per heavy atom. The van der Waals surface area contributed by atoms with Crippen LogP contribution in [0.3, 0.4) is 0 Å². The number of hydrogen-bond acceptors (Lipinski definition) is 2. The fraction of sp³-hybridized carbons (Fsp3) is 0.250. The predicted octanol–water partition coefficient (Wildman–Crippen LogP) is 2.81. The van der Waals surface area contributed by atoms with Crippen molar-refractivity contribution in [2.24, 2.45) is 0 Å². The number of fused-ring (bicyclic) bond motifs is 1. The van der Waals surface area contributed by atoms with E-state index in [-0.39, 0.29) is 0 Å². The van der Waals surface area contributed by atoms with E-state index < -0.39 is 0 Å². The van der Waals surface area contributed by atoms with E-state index in [1.54, 1.807) is 0 Å². The first-order valence-electron chi connectivity index (χ1n) is 5.02. The standard InChI is InChI=1S/C12H12N2/c1-2-12(14-11-3-4-11)7-9-5-6-13-8-10(1)9/h1-2,5-8,11,14H,3-4H2. The molecule has 2 nitrogen and oxygen atoms in total. The molecule has 0 amide bonds. The van der Waals surface area contributed by atoms with Crippen molar-refractivity contribution in [2.45, 2.75) is 18.9 Å². The summed E-state index contributed by atoms with van der Waals surface area (Å²) in [6.07, 6.45) is 6.36. The normalized spacial score (nSPS) is 15.7. The molecule has 0 aliphatic heterocycles. The molecule has 3 rings (SSSR count). The molecule has 14 heavy (non-hydrogen) atoms. The highest BCUT2D eigenvalue weighted by atomic mass is 14.9. The molecule has 0 radical (unpaired) electrons. The number of nitrogens with one attached hydrogen (secondary N) is 1. The van der Waals surface area contributed by atoms with Crippen LogP contribution in [0.5, 0.6) is 0 Å². The molecule has 1 aromatic heterocycles. The Bertz CT molecular complexity index is 461. The van der Waals surface area contributed by atoms with Gasteiger partial charge in [-0.2, -0.15) is 0 Å². The summed E-state index contributed by atoms with van der Waals surface area (Å²) in [7, 11) is 0. The van der Waals surface area contributed by atoms with E-state index in [0.29, 0.717) is 6.04 Å². The largest absolute Gasteiger partial charge is 0.382 e. The van der Waals surface area contributed by atoms with Gasteiger partial charge in [0.25, 0.3) is 0 Å². The molecule has 1 aliphatic carbocycles. The van der Waals surface area contributed by atoms with E-state index in [2.05, 4.69) is 28.5 Å². The van der Waals surface area contributed by atoms with Gasteiger partial charge in [0.05, 0.1) is 0 Å². The fourth-order valence-electron chi connectivity index (χ4n) is 1.64. The molecule has 0 saturated heterocycles. The molecule has 0 unspecified atom stereocenters. The first-order valence-corrected chi connectivity index (χ1v) is 5.02. The Labute approximate surface area is 83.0 Å². The first-order chi connectivity index (χ1) is 6.92. The second-order valence-corrected chi connectivity index (χ2v) is 3.86. The number of benzene rings is 1. The number of pyridine rings is 1. The summed E-state index contributed by atoms with van der Waals surface area (Å²) in [5, 5.41) is 5.95. The van der Waals surface area contributed by atoms with Crippen molar-refractivity contribution < 1.29 is 0 Å². The highest BCUT2D eigenvalue weighted by molar-refractivity contribution is 5.84. The Morgan fingerprint density at radius 1 is 1.14 bits per heavy atom. The van der Waals surface area contributed by atoms with Crippen LogP contribution < -0.4 is 5.32 Å². The van der Waals surface area contributed by atoms with Crippen molar-refractivity contribution in [1.82, 2.24) is 4.98 Å². The number of anilines is 1. The molecule has 1 aliphatic rings. The average Bonchev–Trinajstić information content (AvgIpc) is 3.02. The molecular weight excluding hydrogens is 172 g/mol. The number of aromatic nitrogens is 1. The van der Waals surface area contributed by atoms with Crippen LogP contribution in [-0.4, -0.2) is 11.0 Å². The van der Waals surface area contributed by atoms with E-state index in [1.165, 1.54) is 29.3 Å². The van der Waals surface area contributed by atoms with Gasteiger partial charge in [-0.05, 0) is 36.4 Å². The summed E-state index contributed by atoms with van der Waals surface area (Å²) in [5.41, 5.74) is 1.23. The maximum absolute atomic E-state index is 4.10. The summed E-state index contributed by atoms with van der Waals surface area (Å²) in [4.78, 5) is 4.10. The lowest BCUT2D eigenvalue weighted by Gasteiger charge is -2.05. The lowest BCUT2D eigenvalue weighted by Crippen LogP contribution is -1.99. The molecule has 1 fully saturated rings. The minimum Gasteiger partial charge on any atom is -0.382 e. The van der Waals surface area contributed by atoms with Crippen molar-refractivity contribution >= 4 is 16.5 Å². The summed E-state index contributed by atoms with van der Waals surface area (Å²) in [6, 6.07) is 9.20. The van der Waals surface area contributed by atoms with Gasteiger partial charge in [0.1, 0.15) is 0 Å². The maximum Gasteiger partial charge on any atom is 0.0348 e. The third-order valence-electron chi connectivity index (χ3n) is 2.59.